The van der Waals surface area contributed by atoms with Crippen molar-refractivity contribution in [3.8, 4) is 11.5 Å². The number of nitrogens with two attached hydrogens (primary N) is 1. The molecule has 0 spiro atoms. The molecule has 0 radical (unpaired) electrons. The number of thiophene rings is 1. The van der Waals surface area contributed by atoms with Crippen molar-refractivity contribution in [3.63, 3.8) is 0 Å². The van der Waals surface area contributed by atoms with Gasteiger partial charge < -0.3 is 15.1 Å². The molecule has 3 aromatic rings. The number of phenolic OH excluding ortho intramolecular Hbond substituents is 1. The number of phenols is 1. The number of nitrogens with zero attached hydrogens (tertiary/aromatic N) is 1. The lowest BCUT2D eigenvalue weighted by atomic mass is 9.90. The first-order valence-corrected chi connectivity index (χ1v) is 11.9. The predicted octanol–water partition coefficient (Wildman–Crippen LogP) is 3.04. The molecule has 0 fully saturated rings. The van der Waals surface area contributed by atoms with E-state index >= 15 is 0 Å². The van der Waals surface area contributed by atoms with Crippen LogP contribution < -0.4 is 15.5 Å². The maximum Gasteiger partial charge on any atom is 0.313 e. The van der Waals surface area contributed by atoms with Crippen LogP contribution in [0, 0.1) is 26.0 Å². The fourth-order valence-corrected chi connectivity index (χ4v) is 4.82. The molecule has 0 saturated heterocycles. The van der Waals surface area contributed by atoms with Gasteiger partial charge in [0.2, 0.25) is 0 Å². The Morgan fingerprint density at radius 1 is 1.27 bits per heavy atom. The lowest BCUT2D eigenvalue weighted by Crippen LogP contribution is -2.74. The molecule has 4 N–H and O–H groups in total. The maximum atomic E-state index is 13.2. The SMILES string of the molecule is Cc1c(C)c2c(c(C)c1O)CCC(C)(/[N+]([O-])=C/c1cccc(C[NH+]=C(N)c3ccsc3)c1)O2. The van der Waals surface area contributed by atoms with Gasteiger partial charge in [0.05, 0.1) is 12.0 Å². The van der Waals surface area contributed by atoms with Crippen LogP contribution in [-0.4, -0.2) is 27.6 Å². The number of aromatic hydroxyl groups is 1. The van der Waals surface area contributed by atoms with Crippen LogP contribution in [0.25, 0.3) is 0 Å². The van der Waals surface area contributed by atoms with Crippen LogP contribution in [0.1, 0.15) is 52.3 Å². The average Bonchev–Trinajstić information content (AvgIpc) is 3.35. The maximum absolute atomic E-state index is 13.2. The minimum Gasteiger partial charge on any atom is -0.621 e. The number of amidine groups is 1. The third-order valence-corrected chi connectivity index (χ3v) is 7.18. The first-order valence-electron chi connectivity index (χ1n) is 11.0. The Kier molecular flexibility index (Phi) is 6.17. The number of nitrogen functional groups attached to an aromatic ring is 1. The molecule has 172 valence electrons. The Morgan fingerprint density at radius 3 is 2.79 bits per heavy atom. The van der Waals surface area contributed by atoms with E-state index in [4.69, 9.17) is 10.5 Å². The molecule has 0 bridgehead atoms. The average molecular weight is 465 g/mol. The first kappa shape index (κ1) is 22.9. The quantitative estimate of drug-likeness (QED) is 0.178. The zero-order valence-electron chi connectivity index (χ0n) is 19.4. The third-order valence-electron chi connectivity index (χ3n) is 6.50. The highest BCUT2D eigenvalue weighted by molar-refractivity contribution is 7.08. The van der Waals surface area contributed by atoms with E-state index in [0.29, 0.717) is 36.7 Å². The van der Waals surface area contributed by atoms with Gasteiger partial charge in [-0.05, 0) is 73.0 Å². The van der Waals surface area contributed by atoms with E-state index in [2.05, 4.69) is 4.99 Å². The molecule has 1 aliphatic heterocycles. The molecule has 1 aliphatic rings. The number of hydrogen-bond donors (Lipinski definition) is 3. The summed E-state index contributed by atoms with van der Waals surface area (Å²) in [6, 6.07) is 9.77. The van der Waals surface area contributed by atoms with Crippen molar-refractivity contribution in [2.45, 2.75) is 52.8 Å². The second-order valence-electron chi connectivity index (χ2n) is 8.79. The third kappa shape index (κ3) is 4.46. The van der Waals surface area contributed by atoms with Crippen LogP contribution in [0.2, 0.25) is 0 Å². The molecule has 2 aromatic carbocycles. The van der Waals surface area contributed by atoms with Gasteiger partial charge in [0.1, 0.15) is 18.0 Å². The molecule has 0 amide bonds. The van der Waals surface area contributed by atoms with Gasteiger partial charge >= 0.3 is 5.72 Å². The topological polar surface area (TPSA) is 95.5 Å². The number of hydroxylamine groups is 1. The minimum atomic E-state index is -1.03. The largest absolute Gasteiger partial charge is 0.621 e. The van der Waals surface area contributed by atoms with E-state index in [-0.39, 0.29) is 0 Å². The highest BCUT2D eigenvalue weighted by atomic mass is 32.1. The van der Waals surface area contributed by atoms with Gasteiger partial charge in [-0.2, -0.15) is 16.1 Å². The summed E-state index contributed by atoms with van der Waals surface area (Å²) in [4.78, 5) is 3.24. The zero-order chi connectivity index (χ0) is 23.8. The van der Waals surface area contributed by atoms with Crippen molar-refractivity contribution >= 4 is 23.4 Å². The summed E-state index contributed by atoms with van der Waals surface area (Å²) >= 11 is 1.60. The molecular formula is C26H30N3O3S+. The standard InChI is InChI=1S/C26H29N3O3S/c1-16-17(2)24-22(18(3)23(16)30)8-10-26(4,32-24)29(31)14-20-7-5-6-19(12-20)13-28-25(27)21-9-11-33-15-21/h5-7,9,11-12,14-15,30H,8,10,13H2,1-4H3,(H2,27,28)/p+1/b29-14-. The molecular weight excluding hydrogens is 434 g/mol. The van der Waals surface area contributed by atoms with Crippen molar-refractivity contribution in [2.75, 3.05) is 0 Å². The van der Waals surface area contributed by atoms with E-state index in [9.17, 15) is 10.3 Å². The van der Waals surface area contributed by atoms with Crippen molar-refractivity contribution in [1.29, 1.82) is 0 Å². The minimum absolute atomic E-state index is 0.311. The van der Waals surface area contributed by atoms with Gasteiger partial charge in [0, 0.05) is 23.4 Å². The molecule has 0 saturated carbocycles. The van der Waals surface area contributed by atoms with E-state index in [1.807, 2.05) is 68.8 Å². The van der Waals surface area contributed by atoms with Gasteiger partial charge in [-0.15, -0.1) is 0 Å². The summed E-state index contributed by atoms with van der Waals surface area (Å²) < 4.78 is 7.20. The molecule has 4 rings (SSSR count). The van der Waals surface area contributed by atoms with Crippen LogP contribution in [0.4, 0.5) is 0 Å². The van der Waals surface area contributed by atoms with E-state index < -0.39 is 5.72 Å². The van der Waals surface area contributed by atoms with Gasteiger partial charge in [-0.25, -0.2) is 0 Å². The zero-order valence-corrected chi connectivity index (χ0v) is 20.3. The Hall–Kier alpha value is -3.32. The number of fused-ring (bicyclic) bond motifs is 1. The summed E-state index contributed by atoms with van der Waals surface area (Å²) in [7, 11) is 0. The number of rotatable bonds is 5. The Bertz CT molecular complexity index is 1250. The van der Waals surface area contributed by atoms with Crippen LogP contribution >= 0.6 is 11.3 Å². The van der Waals surface area contributed by atoms with E-state index in [1.54, 1.807) is 17.6 Å². The van der Waals surface area contributed by atoms with Crippen molar-refractivity contribution < 1.29 is 19.6 Å². The smallest absolute Gasteiger partial charge is 0.313 e. The Morgan fingerprint density at radius 2 is 2.06 bits per heavy atom. The van der Waals surface area contributed by atoms with Gasteiger partial charge in [-0.3, -0.25) is 10.7 Å². The van der Waals surface area contributed by atoms with Crippen LogP contribution in [0.15, 0.2) is 41.1 Å². The molecule has 6 nitrogen and oxygen atoms in total. The highest BCUT2D eigenvalue weighted by Gasteiger charge is 2.41. The molecule has 1 atom stereocenters. The van der Waals surface area contributed by atoms with Gasteiger partial charge in [0.15, 0.2) is 6.21 Å². The van der Waals surface area contributed by atoms with Gasteiger partial charge in [-0.1, -0.05) is 12.1 Å². The number of nitrogens with one attached hydrogen (secondary N) is 1. The Balaban J connectivity index is 1.57. The normalized spacial score (nSPS) is 18.7. The number of benzene rings is 2. The second kappa shape index (κ2) is 8.90. The molecule has 33 heavy (non-hydrogen) atoms. The summed E-state index contributed by atoms with van der Waals surface area (Å²) in [5, 5.41) is 27.6. The molecule has 1 aromatic heterocycles. The predicted molar refractivity (Wildman–Crippen MR) is 132 cm³/mol. The fraction of sp³-hybridized carbons (Fsp3) is 0.308. The van der Waals surface area contributed by atoms with Gasteiger partial charge in [0.25, 0.3) is 5.84 Å². The van der Waals surface area contributed by atoms with Crippen LogP contribution in [0.3, 0.4) is 0 Å². The number of ether oxygens (including phenoxy) is 1. The Labute approximate surface area is 198 Å². The lowest BCUT2D eigenvalue weighted by Gasteiger charge is -2.35. The molecule has 7 heteroatoms. The van der Waals surface area contributed by atoms with Crippen molar-refractivity contribution in [1.82, 2.24) is 0 Å². The van der Waals surface area contributed by atoms with Crippen molar-refractivity contribution in [3.05, 3.63) is 85.2 Å². The lowest BCUT2D eigenvalue weighted by molar-refractivity contribution is -0.592. The van der Waals surface area contributed by atoms with Crippen LogP contribution in [-0.2, 0) is 13.0 Å². The highest BCUT2D eigenvalue weighted by Crippen LogP contribution is 2.43. The van der Waals surface area contributed by atoms with Crippen LogP contribution in [0.5, 0.6) is 11.5 Å². The summed E-state index contributed by atoms with van der Waals surface area (Å²) in [6.45, 7) is 8.07. The number of hydrogen-bond acceptors (Lipinski definition) is 4. The van der Waals surface area contributed by atoms with Crippen molar-refractivity contribution in [2.24, 2.45) is 5.73 Å². The molecule has 0 aliphatic carbocycles. The van der Waals surface area contributed by atoms with E-state index in [0.717, 1.165) is 43.7 Å². The first-order chi connectivity index (χ1) is 15.7. The summed E-state index contributed by atoms with van der Waals surface area (Å²) in [6.07, 6.45) is 2.77. The molecule has 1 unspecified atom stereocenters. The van der Waals surface area contributed by atoms with E-state index in [1.165, 1.54) is 0 Å². The summed E-state index contributed by atoms with van der Waals surface area (Å²) in [5.74, 6) is 1.65. The fourth-order valence-electron chi connectivity index (χ4n) is 4.16. The monoisotopic (exact) mass is 464 g/mol. The second-order valence-corrected chi connectivity index (χ2v) is 9.57. The summed E-state index contributed by atoms with van der Waals surface area (Å²) in [5.41, 5.74) is 11.4. The molecule has 2 heterocycles.